The SMILES string of the molecule is CC(C)(C)OC(=O)NOC(C(N)=O)c1cc(C(=O)O)cc(C(ONC(=O)OC(C)(C)C)C(N)=O)c1. The molecule has 0 fully saturated rings. The number of carbonyl (C=O) groups is 5. The second-order valence-corrected chi connectivity index (χ2v) is 9.20. The summed E-state index contributed by atoms with van der Waals surface area (Å²) in [5.41, 5.74) is 12.0. The number of hydrogen-bond acceptors (Lipinski definition) is 9. The Hall–Kier alpha value is -3.91. The third kappa shape index (κ3) is 10.3. The lowest BCUT2D eigenvalue weighted by atomic mass is 9.98. The summed E-state index contributed by atoms with van der Waals surface area (Å²) >= 11 is 0. The van der Waals surface area contributed by atoms with Crippen molar-refractivity contribution >= 4 is 30.0 Å². The number of nitrogens with one attached hydrogen (secondary N) is 2. The molecule has 0 spiro atoms. The minimum Gasteiger partial charge on any atom is -0.478 e. The first-order valence-corrected chi connectivity index (χ1v) is 10.2. The van der Waals surface area contributed by atoms with E-state index >= 15 is 0 Å². The zero-order valence-corrected chi connectivity index (χ0v) is 20.2. The van der Waals surface area contributed by atoms with E-state index in [1.165, 1.54) is 0 Å². The lowest BCUT2D eigenvalue weighted by Crippen LogP contribution is -2.37. The number of amides is 4. The van der Waals surface area contributed by atoms with E-state index in [-0.39, 0.29) is 11.1 Å². The number of ether oxygens (including phenoxy) is 2. The van der Waals surface area contributed by atoms with Gasteiger partial charge in [-0.15, -0.1) is 0 Å². The van der Waals surface area contributed by atoms with E-state index < -0.39 is 58.9 Å². The molecule has 0 saturated heterocycles. The van der Waals surface area contributed by atoms with Crippen LogP contribution in [0.5, 0.6) is 0 Å². The van der Waals surface area contributed by atoms with Gasteiger partial charge in [-0.05, 0) is 70.9 Å². The molecule has 0 bridgehead atoms. The fourth-order valence-corrected chi connectivity index (χ4v) is 2.50. The van der Waals surface area contributed by atoms with E-state index in [1.807, 2.05) is 11.0 Å². The molecule has 1 aromatic carbocycles. The fraction of sp³-hybridized carbons (Fsp3) is 0.476. The quantitative estimate of drug-likeness (QED) is 0.308. The smallest absolute Gasteiger partial charge is 0.431 e. The Balaban J connectivity index is 3.28. The molecule has 0 radical (unpaired) electrons. The van der Waals surface area contributed by atoms with E-state index in [0.29, 0.717) is 0 Å². The molecule has 14 heteroatoms. The number of carboxylic acid groups (broad SMARTS) is 1. The number of nitrogens with two attached hydrogens (primary N) is 2. The van der Waals surface area contributed by atoms with Crippen molar-refractivity contribution in [1.82, 2.24) is 11.0 Å². The summed E-state index contributed by atoms with van der Waals surface area (Å²) in [5.74, 6) is -3.67. The summed E-state index contributed by atoms with van der Waals surface area (Å²) in [6.07, 6.45) is -5.49. The normalized spacial score (nSPS) is 13.2. The molecule has 1 aromatic rings. The van der Waals surface area contributed by atoms with Crippen LogP contribution in [0.15, 0.2) is 18.2 Å². The number of benzene rings is 1. The van der Waals surface area contributed by atoms with Gasteiger partial charge in [-0.1, -0.05) is 0 Å². The average molecular weight is 498 g/mol. The number of hydrogen-bond donors (Lipinski definition) is 5. The molecular weight excluding hydrogens is 468 g/mol. The molecule has 14 nitrogen and oxygen atoms in total. The second-order valence-electron chi connectivity index (χ2n) is 9.20. The highest BCUT2D eigenvalue weighted by atomic mass is 16.7. The Morgan fingerprint density at radius 1 is 0.743 bits per heavy atom. The van der Waals surface area contributed by atoms with Crippen LogP contribution >= 0.6 is 0 Å². The average Bonchev–Trinajstić information content (AvgIpc) is 2.64. The monoisotopic (exact) mass is 498 g/mol. The van der Waals surface area contributed by atoms with Crippen LogP contribution < -0.4 is 22.4 Å². The lowest BCUT2D eigenvalue weighted by molar-refractivity contribution is -0.135. The Bertz CT molecular complexity index is 913. The van der Waals surface area contributed by atoms with Crippen molar-refractivity contribution in [2.75, 3.05) is 0 Å². The van der Waals surface area contributed by atoms with Crippen LogP contribution in [0.3, 0.4) is 0 Å². The van der Waals surface area contributed by atoms with Crippen LogP contribution in [0.2, 0.25) is 0 Å². The maximum absolute atomic E-state index is 12.0. The number of hydroxylamine groups is 2. The minimum absolute atomic E-state index is 0.171. The van der Waals surface area contributed by atoms with Gasteiger partial charge >= 0.3 is 18.2 Å². The van der Waals surface area contributed by atoms with Crippen molar-refractivity contribution in [2.45, 2.75) is 65.0 Å². The first-order chi connectivity index (χ1) is 15.9. The van der Waals surface area contributed by atoms with E-state index in [1.54, 1.807) is 41.5 Å². The second kappa shape index (κ2) is 11.5. The van der Waals surface area contributed by atoms with Crippen molar-refractivity contribution in [1.29, 1.82) is 0 Å². The van der Waals surface area contributed by atoms with Gasteiger partial charge in [0, 0.05) is 0 Å². The van der Waals surface area contributed by atoms with Gasteiger partial charge in [0.15, 0.2) is 12.2 Å². The maximum atomic E-state index is 12.0. The summed E-state index contributed by atoms with van der Waals surface area (Å²) < 4.78 is 9.99. The van der Waals surface area contributed by atoms with Gasteiger partial charge in [0.1, 0.15) is 11.2 Å². The van der Waals surface area contributed by atoms with Crippen LogP contribution in [0.1, 0.15) is 75.2 Å². The van der Waals surface area contributed by atoms with Gasteiger partial charge in [-0.25, -0.2) is 14.4 Å². The van der Waals surface area contributed by atoms with Crippen molar-refractivity contribution < 1.29 is 48.2 Å². The lowest BCUT2D eigenvalue weighted by Gasteiger charge is -2.22. The Morgan fingerprint density at radius 2 is 1.09 bits per heavy atom. The Labute approximate surface area is 201 Å². The molecule has 0 aliphatic carbocycles. The Kier molecular flexibility index (Phi) is 9.55. The van der Waals surface area contributed by atoms with Crippen molar-refractivity contribution in [2.24, 2.45) is 11.5 Å². The highest BCUT2D eigenvalue weighted by Gasteiger charge is 2.28. The third-order valence-corrected chi connectivity index (χ3v) is 3.66. The molecule has 7 N–H and O–H groups in total. The summed E-state index contributed by atoms with van der Waals surface area (Å²) in [6.45, 7) is 9.56. The van der Waals surface area contributed by atoms with Gasteiger partial charge in [0.05, 0.1) is 5.56 Å². The molecule has 0 heterocycles. The summed E-state index contributed by atoms with van der Waals surface area (Å²) in [4.78, 5) is 69.5. The van der Waals surface area contributed by atoms with Gasteiger partial charge in [0.25, 0.3) is 11.8 Å². The third-order valence-electron chi connectivity index (χ3n) is 3.66. The Morgan fingerprint density at radius 3 is 1.34 bits per heavy atom. The van der Waals surface area contributed by atoms with Crippen LogP contribution in [0.4, 0.5) is 9.59 Å². The van der Waals surface area contributed by atoms with Gasteiger partial charge in [-0.2, -0.15) is 11.0 Å². The van der Waals surface area contributed by atoms with Crippen molar-refractivity contribution in [3.63, 3.8) is 0 Å². The van der Waals surface area contributed by atoms with Crippen molar-refractivity contribution in [3.8, 4) is 0 Å². The van der Waals surface area contributed by atoms with E-state index in [0.717, 1.165) is 18.2 Å². The van der Waals surface area contributed by atoms with Gasteiger partial charge in [-0.3, -0.25) is 19.3 Å². The first kappa shape index (κ1) is 29.1. The molecule has 4 amide bonds. The molecule has 0 aromatic heterocycles. The van der Waals surface area contributed by atoms with Crippen LogP contribution in [0.25, 0.3) is 0 Å². The van der Waals surface area contributed by atoms with Crippen LogP contribution in [-0.2, 0) is 28.7 Å². The van der Waals surface area contributed by atoms with Crippen LogP contribution in [0, 0.1) is 0 Å². The van der Waals surface area contributed by atoms with Gasteiger partial charge < -0.3 is 26.0 Å². The fourth-order valence-electron chi connectivity index (χ4n) is 2.50. The molecule has 0 saturated carbocycles. The van der Waals surface area contributed by atoms with E-state index in [2.05, 4.69) is 0 Å². The summed E-state index contributed by atoms with van der Waals surface area (Å²) in [7, 11) is 0. The highest BCUT2D eigenvalue weighted by Crippen LogP contribution is 2.25. The molecular formula is C21H30N4O10. The zero-order valence-electron chi connectivity index (χ0n) is 20.2. The van der Waals surface area contributed by atoms with Gasteiger partial charge in [0.2, 0.25) is 0 Å². The number of carboxylic acids is 1. The van der Waals surface area contributed by atoms with Crippen LogP contribution in [-0.4, -0.2) is 46.3 Å². The van der Waals surface area contributed by atoms with E-state index in [4.69, 9.17) is 30.6 Å². The predicted molar refractivity (Wildman–Crippen MR) is 118 cm³/mol. The minimum atomic E-state index is -1.70. The molecule has 194 valence electrons. The highest BCUT2D eigenvalue weighted by molar-refractivity contribution is 5.90. The number of rotatable bonds is 9. The molecule has 0 aliphatic rings. The molecule has 1 rings (SSSR count). The summed E-state index contributed by atoms with van der Waals surface area (Å²) in [6, 6.07) is 3.18. The number of carbonyl (C=O) groups excluding carboxylic acids is 4. The topological polar surface area (TPSA) is 219 Å². The zero-order chi connectivity index (χ0) is 27.1. The molecule has 2 unspecified atom stereocenters. The largest absolute Gasteiger partial charge is 0.478 e. The standard InChI is InChI=1S/C21H30N4O10/c1-20(2,3)32-18(30)24-34-13(15(22)26)10-7-11(9-12(8-10)17(28)29)14(16(23)27)35-25-19(31)33-21(4,5)6/h7-9,13-14H,1-6H3,(H2,22,26)(H2,23,27)(H,24,30)(H,25,31)(H,28,29). The molecule has 2 atom stereocenters. The molecule has 35 heavy (non-hydrogen) atoms. The summed E-state index contributed by atoms with van der Waals surface area (Å²) in [5, 5.41) is 9.47. The maximum Gasteiger partial charge on any atom is 0.431 e. The van der Waals surface area contributed by atoms with E-state index in [9.17, 15) is 29.1 Å². The van der Waals surface area contributed by atoms with Crippen molar-refractivity contribution in [3.05, 3.63) is 34.9 Å². The number of primary amides is 2. The number of aromatic carboxylic acids is 1. The molecule has 0 aliphatic heterocycles. The first-order valence-electron chi connectivity index (χ1n) is 10.2. The predicted octanol–water partition coefficient (Wildman–Crippen LogP) is 1.35.